The number of aryl methyl sites for hydroxylation is 2. The highest BCUT2D eigenvalue weighted by Gasteiger charge is 2.17. The fourth-order valence-electron chi connectivity index (χ4n) is 1.96. The first kappa shape index (κ1) is 15.7. The summed E-state index contributed by atoms with van der Waals surface area (Å²) in [5.74, 6) is 0.935. The average Bonchev–Trinajstić information content (AvgIpc) is 3.04. The molecule has 0 fully saturated rings. The van der Waals surface area contributed by atoms with Gasteiger partial charge in [0.05, 0.1) is 4.90 Å². The van der Waals surface area contributed by atoms with Crippen LogP contribution in [0.1, 0.15) is 24.3 Å². The maximum absolute atomic E-state index is 12.2. The third-order valence-corrected chi connectivity index (χ3v) is 4.46. The summed E-state index contributed by atoms with van der Waals surface area (Å²) in [4.78, 5) is 4.23. The Morgan fingerprint density at radius 1 is 1.48 bits per heavy atom. The largest absolute Gasteiger partial charge is 0.349 e. The molecule has 0 aromatic carbocycles. The van der Waals surface area contributed by atoms with Crippen molar-refractivity contribution in [2.45, 2.75) is 38.3 Å². The first-order chi connectivity index (χ1) is 9.96. The summed E-state index contributed by atoms with van der Waals surface area (Å²) in [6, 6.07) is 1.59. The van der Waals surface area contributed by atoms with Crippen LogP contribution in [0, 0.1) is 6.92 Å². The normalized spacial score (nSPS) is 12.0. The Morgan fingerprint density at radius 2 is 2.24 bits per heavy atom. The molecule has 0 atom stereocenters. The van der Waals surface area contributed by atoms with Crippen LogP contribution in [0.25, 0.3) is 0 Å². The van der Waals surface area contributed by atoms with E-state index in [0.29, 0.717) is 31.2 Å². The second-order valence-corrected chi connectivity index (χ2v) is 6.30. The number of rotatable bonds is 7. The zero-order chi connectivity index (χ0) is 15.5. The van der Waals surface area contributed by atoms with Crippen LogP contribution < -0.4 is 10.5 Å². The van der Waals surface area contributed by atoms with Crippen LogP contribution in [0.2, 0.25) is 0 Å². The van der Waals surface area contributed by atoms with Gasteiger partial charge in [-0.3, -0.25) is 0 Å². The van der Waals surface area contributed by atoms with Crippen molar-refractivity contribution in [1.82, 2.24) is 19.4 Å². The number of nitrogens with one attached hydrogen (secondary N) is 1. The van der Waals surface area contributed by atoms with Gasteiger partial charge in [-0.05, 0) is 13.0 Å². The summed E-state index contributed by atoms with van der Waals surface area (Å²) in [6.45, 7) is 4.79. The van der Waals surface area contributed by atoms with Crippen molar-refractivity contribution in [2.24, 2.45) is 5.73 Å². The molecule has 2 aromatic heterocycles. The molecule has 9 heteroatoms. The highest BCUT2D eigenvalue weighted by atomic mass is 32.2. The number of nitrogens with zero attached hydrogens (tertiary/aromatic N) is 3. The van der Waals surface area contributed by atoms with E-state index in [1.54, 1.807) is 19.2 Å². The smallest absolute Gasteiger partial charge is 0.242 e. The second kappa shape index (κ2) is 6.37. The predicted molar refractivity (Wildman–Crippen MR) is 75.9 cm³/mol. The SMILES string of the molecule is CCn1cc(S(=O)(=O)NCCc2noc(C)n2)cc1CN. The standard InChI is InChI=1S/C12H19N5O3S/c1-3-17-8-11(6-10(17)7-13)21(18,19)14-5-4-12-15-9(2)20-16-12/h6,8,14H,3-5,7,13H2,1-2H3. The molecule has 2 aromatic rings. The topological polar surface area (TPSA) is 116 Å². The van der Waals surface area contributed by atoms with Crippen LogP contribution in [-0.2, 0) is 29.5 Å². The Labute approximate surface area is 123 Å². The summed E-state index contributed by atoms with van der Waals surface area (Å²) in [5.41, 5.74) is 6.38. The Balaban J connectivity index is 2.02. The van der Waals surface area contributed by atoms with Crippen LogP contribution in [0.15, 0.2) is 21.7 Å². The van der Waals surface area contributed by atoms with Crippen molar-refractivity contribution in [3.63, 3.8) is 0 Å². The van der Waals surface area contributed by atoms with Crippen molar-refractivity contribution in [1.29, 1.82) is 0 Å². The van der Waals surface area contributed by atoms with Gasteiger partial charge in [-0.2, -0.15) is 4.98 Å². The van der Waals surface area contributed by atoms with Crippen molar-refractivity contribution in [2.75, 3.05) is 6.54 Å². The Bertz CT molecular complexity index is 683. The van der Waals surface area contributed by atoms with Gasteiger partial charge in [0.2, 0.25) is 15.9 Å². The molecule has 0 radical (unpaired) electrons. The van der Waals surface area contributed by atoms with Gasteiger partial charge in [0.1, 0.15) is 0 Å². The van der Waals surface area contributed by atoms with Crippen molar-refractivity contribution in [3.8, 4) is 0 Å². The molecule has 0 aliphatic carbocycles. The van der Waals surface area contributed by atoms with E-state index in [1.807, 2.05) is 11.5 Å². The summed E-state index contributed by atoms with van der Waals surface area (Å²) in [5, 5.41) is 3.71. The van der Waals surface area contributed by atoms with Crippen molar-refractivity contribution < 1.29 is 12.9 Å². The fraction of sp³-hybridized carbons (Fsp3) is 0.500. The lowest BCUT2D eigenvalue weighted by Gasteiger charge is -2.03. The zero-order valence-corrected chi connectivity index (χ0v) is 12.9. The number of aromatic nitrogens is 3. The van der Waals surface area contributed by atoms with Gasteiger partial charge in [0.15, 0.2) is 5.82 Å². The van der Waals surface area contributed by atoms with E-state index in [-0.39, 0.29) is 11.4 Å². The van der Waals surface area contributed by atoms with Crippen molar-refractivity contribution >= 4 is 10.0 Å². The van der Waals surface area contributed by atoms with Gasteiger partial charge < -0.3 is 14.8 Å². The molecular formula is C12H19N5O3S. The lowest BCUT2D eigenvalue weighted by atomic mass is 10.4. The minimum Gasteiger partial charge on any atom is -0.349 e. The minimum absolute atomic E-state index is 0.205. The van der Waals surface area contributed by atoms with Gasteiger partial charge in [-0.1, -0.05) is 5.16 Å². The van der Waals surface area contributed by atoms with Crippen LogP contribution in [0.3, 0.4) is 0 Å². The maximum Gasteiger partial charge on any atom is 0.242 e. The van der Waals surface area contributed by atoms with Crippen LogP contribution in [-0.4, -0.2) is 29.7 Å². The highest BCUT2D eigenvalue weighted by molar-refractivity contribution is 7.89. The van der Waals surface area contributed by atoms with E-state index in [1.165, 1.54) is 0 Å². The summed E-state index contributed by atoms with van der Waals surface area (Å²) < 4.78 is 33.6. The summed E-state index contributed by atoms with van der Waals surface area (Å²) >= 11 is 0. The molecule has 2 heterocycles. The molecule has 0 unspecified atom stereocenters. The van der Waals surface area contributed by atoms with E-state index >= 15 is 0 Å². The van der Waals surface area contributed by atoms with Gasteiger partial charge in [0, 0.05) is 44.9 Å². The molecule has 2 rings (SSSR count). The molecule has 116 valence electrons. The maximum atomic E-state index is 12.2. The highest BCUT2D eigenvalue weighted by Crippen LogP contribution is 2.14. The molecule has 0 spiro atoms. The quantitative estimate of drug-likeness (QED) is 0.753. The molecule has 0 saturated heterocycles. The van der Waals surface area contributed by atoms with E-state index in [4.69, 9.17) is 10.3 Å². The molecule has 3 N–H and O–H groups in total. The predicted octanol–water partition coefficient (Wildman–Crippen LogP) is 0.179. The Morgan fingerprint density at radius 3 is 2.76 bits per heavy atom. The van der Waals surface area contributed by atoms with E-state index in [2.05, 4.69) is 14.9 Å². The fourth-order valence-corrected chi connectivity index (χ4v) is 3.06. The summed E-state index contributed by atoms with van der Waals surface area (Å²) in [7, 11) is -3.56. The van der Waals surface area contributed by atoms with Gasteiger partial charge in [-0.25, -0.2) is 13.1 Å². The number of hydrogen-bond acceptors (Lipinski definition) is 6. The molecule has 0 saturated carbocycles. The molecular weight excluding hydrogens is 294 g/mol. The zero-order valence-electron chi connectivity index (χ0n) is 12.0. The Hall–Kier alpha value is -1.71. The number of nitrogens with two attached hydrogens (primary N) is 1. The first-order valence-corrected chi connectivity index (χ1v) is 8.12. The number of sulfonamides is 1. The molecule has 0 aliphatic rings. The summed E-state index contributed by atoms with van der Waals surface area (Å²) in [6.07, 6.45) is 1.96. The third-order valence-electron chi connectivity index (χ3n) is 3.03. The molecule has 0 bridgehead atoms. The monoisotopic (exact) mass is 313 g/mol. The van der Waals surface area contributed by atoms with Gasteiger partial charge in [0.25, 0.3) is 0 Å². The lowest BCUT2D eigenvalue weighted by Crippen LogP contribution is -2.26. The van der Waals surface area contributed by atoms with Crippen LogP contribution in [0.4, 0.5) is 0 Å². The third kappa shape index (κ3) is 3.69. The van der Waals surface area contributed by atoms with Gasteiger partial charge in [-0.15, -0.1) is 0 Å². The lowest BCUT2D eigenvalue weighted by molar-refractivity contribution is 0.387. The molecule has 8 nitrogen and oxygen atoms in total. The first-order valence-electron chi connectivity index (χ1n) is 6.64. The minimum atomic E-state index is -3.56. The average molecular weight is 313 g/mol. The molecule has 0 amide bonds. The van der Waals surface area contributed by atoms with Gasteiger partial charge >= 0.3 is 0 Å². The Kier molecular flexibility index (Phi) is 4.76. The molecule has 0 aliphatic heterocycles. The van der Waals surface area contributed by atoms with Crippen LogP contribution in [0.5, 0.6) is 0 Å². The van der Waals surface area contributed by atoms with Crippen LogP contribution >= 0.6 is 0 Å². The second-order valence-electron chi connectivity index (χ2n) is 4.53. The van der Waals surface area contributed by atoms with Crippen molar-refractivity contribution in [3.05, 3.63) is 29.7 Å². The van der Waals surface area contributed by atoms with E-state index in [0.717, 1.165) is 5.69 Å². The number of hydrogen-bond donors (Lipinski definition) is 2. The van der Waals surface area contributed by atoms with E-state index in [9.17, 15) is 8.42 Å². The van der Waals surface area contributed by atoms with E-state index < -0.39 is 10.0 Å². The molecule has 21 heavy (non-hydrogen) atoms.